The van der Waals surface area contributed by atoms with Gasteiger partial charge in [-0.3, -0.25) is 4.79 Å². The van der Waals surface area contributed by atoms with Crippen LogP contribution < -0.4 is 0 Å². The highest BCUT2D eigenvalue weighted by Gasteiger charge is 2.07. The summed E-state index contributed by atoms with van der Waals surface area (Å²) >= 11 is 3.18. The van der Waals surface area contributed by atoms with Crippen LogP contribution in [0, 0.1) is 5.92 Å². The van der Waals surface area contributed by atoms with Gasteiger partial charge in [-0.05, 0) is 5.92 Å². The zero-order chi connectivity index (χ0) is 8.69. The predicted molar refractivity (Wildman–Crippen MR) is 48.8 cm³/mol. The van der Waals surface area contributed by atoms with Crippen molar-refractivity contribution in [2.45, 2.75) is 26.7 Å². The first kappa shape index (κ1) is 11.0. The van der Waals surface area contributed by atoms with Crippen LogP contribution in [-0.2, 0) is 9.53 Å². The first-order chi connectivity index (χ1) is 5.20. The number of hydrogen-bond donors (Lipinski definition) is 0. The molecular formula is C8H15BrO2. The van der Waals surface area contributed by atoms with E-state index in [1.54, 1.807) is 0 Å². The summed E-state index contributed by atoms with van der Waals surface area (Å²) in [6.45, 7) is 4.60. The smallest absolute Gasteiger partial charge is 0.306 e. The third-order valence-electron chi connectivity index (χ3n) is 1.55. The van der Waals surface area contributed by atoms with E-state index >= 15 is 0 Å². The van der Waals surface area contributed by atoms with Gasteiger partial charge >= 0.3 is 5.97 Å². The number of alkyl halides is 1. The summed E-state index contributed by atoms with van der Waals surface area (Å²) in [7, 11) is 0. The van der Waals surface area contributed by atoms with Crippen molar-refractivity contribution in [2.24, 2.45) is 5.92 Å². The molecular weight excluding hydrogens is 208 g/mol. The van der Waals surface area contributed by atoms with E-state index in [-0.39, 0.29) is 5.97 Å². The first-order valence-corrected chi connectivity index (χ1v) is 5.04. The molecule has 0 N–H and O–H groups in total. The summed E-state index contributed by atoms with van der Waals surface area (Å²) < 4.78 is 4.88. The van der Waals surface area contributed by atoms with Crippen LogP contribution in [0.1, 0.15) is 26.7 Å². The fraction of sp³-hybridized carbons (Fsp3) is 0.875. The van der Waals surface area contributed by atoms with Gasteiger partial charge in [0.2, 0.25) is 0 Å². The minimum absolute atomic E-state index is 0.0844. The standard InChI is InChI=1S/C8H15BrO2/c1-3-7(2)6-8(10)11-5-4-9/h7H,3-6H2,1-2H3. The van der Waals surface area contributed by atoms with Crippen LogP contribution in [0.3, 0.4) is 0 Å². The maximum absolute atomic E-state index is 10.9. The fourth-order valence-electron chi connectivity index (χ4n) is 0.640. The van der Waals surface area contributed by atoms with Gasteiger partial charge in [0, 0.05) is 11.8 Å². The van der Waals surface area contributed by atoms with Crippen LogP contribution >= 0.6 is 15.9 Å². The Bertz CT molecular complexity index is 115. The van der Waals surface area contributed by atoms with Crippen molar-refractivity contribution in [3.8, 4) is 0 Å². The topological polar surface area (TPSA) is 26.3 Å². The quantitative estimate of drug-likeness (QED) is 0.528. The molecule has 0 aromatic rings. The van der Waals surface area contributed by atoms with Gasteiger partial charge in [-0.15, -0.1) is 0 Å². The molecule has 11 heavy (non-hydrogen) atoms. The molecule has 0 fully saturated rings. The van der Waals surface area contributed by atoms with E-state index in [1.807, 2.05) is 0 Å². The second kappa shape index (κ2) is 6.65. The first-order valence-electron chi connectivity index (χ1n) is 3.92. The Morgan fingerprint density at radius 3 is 2.73 bits per heavy atom. The van der Waals surface area contributed by atoms with Gasteiger partial charge in [0.1, 0.15) is 6.61 Å². The molecule has 0 radical (unpaired) electrons. The summed E-state index contributed by atoms with van der Waals surface area (Å²) in [4.78, 5) is 10.9. The van der Waals surface area contributed by atoms with E-state index in [1.165, 1.54) is 0 Å². The molecule has 3 heteroatoms. The number of carbonyl (C=O) groups excluding carboxylic acids is 1. The molecule has 0 bridgehead atoms. The molecule has 0 aliphatic carbocycles. The van der Waals surface area contributed by atoms with Gasteiger partial charge in [0.05, 0.1) is 0 Å². The number of esters is 1. The van der Waals surface area contributed by atoms with Crippen LogP contribution in [0.25, 0.3) is 0 Å². The van der Waals surface area contributed by atoms with E-state index in [4.69, 9.17) is 4.74 Å². The Kier molecular flexibility index (Phi) is 6.62. The molecule has 2 nitrogen and oxygen atoms in total. The molecule has 0 aromatic carbocycles. The highest BCUT2D eigenvalue weighted by atomic mass is 79.9. The maximum Gasteiger partial charge on any atom is 0.306 e. The van der Waals surface area contributed by atoms with Gasteiger partial charge in [-0.2, -0.15) is 0 Å². The highest BCUT2D eigenvalue weighted by Crippen LogP contribution is 2.06. The predicted octanol–water partition coefficient (Wildman–Crippen LogP) is 2.36. The highest BCUT2D eigenvalue weighted by molar-refractivity contribution is 9.09. The Hall–Kier alpha value is -0.0500. The van der Waals surface area contributed by atoms with E-state index < -0.39 is 0 Å². The summed E-state index contributed by atoms with van der Waals surface area (Å²) in [5.41, 5.74) is 0. The van der Waals surface area contributed by atoms with Crippen molar-refractivity contribution < 1.29 is 9.53 Å². The lowest BCUT2D eigenvalue weighted by atomic mass is 10.1. The van der Waals surface area contributed by atoms with E-state index in [9.17, 15) is 4.79 Å². The van der Waals surface area contributed by atoms with Gasteiger partial charge < -0.3 is 4.74 Å². The second-order valence-electron chi connectivity index (χ2n) is 2.63. The number of hydrogen-bond acceptors (Lipinski definition) is 2. The van der Waals surface area contributed by atoms with Crippen LogP contribution in [-0.4, -0.2) is 17.9 Å². The maximum atomic E-state index is 10.9. The third-order valence-corrected chi connectivity index (χ3v) is 1.88. The van der Waals surface area contributed by atoms with Crippen molar-refractivity contribution in [3.63, 3.8) is 0 Å². The fourth-order valence-corrected chi connectivity index (χ4v) is 0.802. The van der Waals surface area contributed by atoms with Gasteiger partial charge in [0.15, 0.2) is 0 Å². The molecule has 1 unspecified atom stereocenters. The van der Waals surface area contributed by atoms with Crippen LogP contribution in [0.15, 0.2) is 0 Å². The van der Waals surface area contributed by atoms with Crippen molar-refractivity contribution in [1.82, 2.24) is 0 Å². The van der Waals surface area contributed by atoms with Crippen molar-refractivity contribution in [2.75, 3.05) is 11.9 Å². The Morgan fingerprint density at radius 2 is 2.27 bits per heavy atom. The number of halogens is 1. The molecule has 1 atom stereocenters. The molecule has 0 spiro atoms. The zero-order valence-corrected chi connectivity index (χ0v) is 8.69. The minimum atomic E-state index is -0.0844. The summed E-state index contributed by atoms with van der Waals surface area (Å²) in [5, 5.41) is 0.721. The molecule has 0 amide bonds. The summed E-state index contributed by atoms with van der Waals surface area (Å²) in [5.74, 6) is 0.358. The second-order valence-corrected chi connectivity index (χ2v) is 3.42. The summed E-state index contributed by atoms with van der Waals surface area (Å²) in [6.07, 6.45) is 1.58. The molecule has 0 rings (SSSR count). The molecule has 66 valence electrons. The average molecular weight is 223 g/mol. The lowest BCUT2D eigenvalue weighted by molar-refractivity contribution is -0.143. The average Bonchev–Trinajstić information content (AvgIpc) is 2.00. The third kappa shape index (κ3) is 6.35. The molecule has 0 aromatic heterocycles. The number of ether oxygens (including phenoxy) is 1. The Balaban J connectivity index is 3.36. The molecule has 0 saturated carbocycles. The summed E-state index contributed by atoms with van der Waals surface area (Å²) in [6, 6.07) is 0. The lowest BCUT2D eigenvalue weighted by Crippen LogP contribution is -2.10. The van der Waals surface area contributed by atoms with Crippen LogP contribution in [0.5, 0.6) is 0 Å². The van der Waals surface area contributed by atoms with E-state index in [2.05, 4.69) is 29.8 Å². The Morgan fingerprint density at radius 1 is 1.64 bits per heavy atom. The Labute approximate surface area is 76.4 Å². The van der Waals surface area contributed by atoms with Crippen molar-refractivity contribution in [3.05, 3.63) is 0 Å². The van der Waals surface area contributed by atoms with E-state index in [0.717, 1.165) is 11.8 Å². The van der Waals surface area contributed by atoms with Crippen LogP contribution in [0.2, 0.25) is 0 Å². The monoisotopic (exact) mass is 222 g/mol. The van der Waals surface area contributed by atoms with Crippen molar-refractivity contribution >= 4 is 21.9 Å². The van der Waals surface area contributed by atoms with Gasteiger partial charge in [-0.1, -0.05) is 36.2 Å². The van der Waals surface area contributed by atoms with Crippen molar-refractivity contribution in [1.29, 1.82) is 0 Å². The zero-order valence-electron chi connectivity index (χ0n) is 7.10. The van der Waals surface area contributed by atoms with Crippen LogP contribution in [0.4, 0.5) is 0 Å². The number of carbonyl (C=O) groups is 1. The molecule has 0 aliphatic heterocycles. The van der Waals surface area contributed by atoms with Gasteiger partial charge in [-0.25, -0.2) is 0 Å². The molecule has 0 heterocycles. The normalized spacial score (nSPS) is 12.6. The molecule has 0 aliphatic rings. The minimum Gasteiger partial charge on any atom is -0.465 e. The molecule has 0 saturated heterocycles. The number of rotatable bonds is 5. The van der Waals surface area contributed by atoms with Gasteiger partial charge in [0.25, 0.3) is 0 Å². The lowest BCUT2D eigenvalue weighted by Gasteiger charge is -2.06. The van der Waals surface area contributed by atoms with E-state index in [0.29, 0.717) is 18.9 Å². The SMILES string of the molecule is CCC(C)CC(=O)OCCBr. The largest absolute Gasteiger partial charge is 0.465 e.